The summed E-state index contributed by atoms with van der Waals surface area (Å²) in [7, 11) is 0. The number of hydrogen-bond donors (Lipinski definition) is 2. The van der Waals surface area contributed by atoms with E-state index in [1.54, 1.807) is 0 Å². The van der Waals surface area contributed by atoms with Gasteiger partial charge in [0.25, 0.3) is 0 Å². The summed E-state index contributed by atoms with van der Waals surface area (Å²) in [5.41, 5.74) is 0.981. The van der Waals surface area contributed by atoms with Gasteiger partial charge in [0.05, 0.1) is 5.69 Å². The topological polar surface area (TPSA) is 57.3 Å². The number of anilines is 1. The second-order valence-corrected chi connectivity index (χ2v) is 6.58. The molecule has 112 valence electrons. The molecule has 1 aromatic heterocycles. The summed E-state index contributed by atoms with van der Waals surface area (Å²) in [6, 6.07) is 0.0556. The average Bonchev–Trinajstić information content (AvgIpc) is 2.99. The molecule has 5 nitrogen and oxygen atoms in total. The molecule has 2 amide bonds. The average molecular weight is 296 g/mol. The van der Waals surface area contributed by atoms with Gasteiger partial charge in [-0.3, -0.25) is 5.32 Å². The zero-order chi connectivity index (χ0) is 14.5. The molecule has 1 atom stereocenters. The Bertz CT molecular complexity index is 435. The van der Waals surface area contributed by atoms with Crippen LogP contribution in [0.2, 0.25) is 0 Å². The highest BCUT2D eigenvalue weighted by Gasteiger charge is 2.18. The number of amides is 2. The summed E-state index contributed by atoms with van der Waals surface area (Å²) < 4.78 is 0. The molecule has 0 saturated carbocycles. The van der Waals surface area contributed by atoms with Crippen LogP contribution in [-0.2, 0) is 0 Å². The lowest BCUT2D eigenvalue weighted by molar-refractivity contribution is 0.239. The fraction of sp³-hybridized carbons (Fsp3) is 0.714. The van der Waals surface area contributed by atoms with Crippen LogP contribution in [0.1, 0.15) is 36.8 Å². The van der Waals surface area contributed by atoms with E-state index in [4.69, 9.17) is 0 Å². The third-order valence-corrected chi connectivity index (χ3v) is 4.74. The summed E-state index contributed by atoms with van der Waals surface area (Å²) in [5.74, 6) is 0. The minimum Gasteiger partial charge on any atom is -0.334 e. The van der Waals surface area contributed by atoms with Crippen molar-refractivity contribution in [3.63, 3.8) is 0 Å². The minimum atomic E-state index is -0.148. The van der Waals surface area contributed by atoms with Gasteiger partial charge in [-0.25, -0.2) is 9.78 Å². The van der Waals surface area contributed by atoms with Crippen molar-refractivity contribution in [2.45, 2.75) is 46.1 Å². The van der Waals surface area contributed by atoms with E-state index in [0.717, 1.165) is 36.6 Å². The second-order valence-electron chi connectivity index (χ2n) is 5.37. The van der Waals surface area contributed by atoms with E-state index in [0.29, 0.717) is 5.13 Å². The van der Waals surface area contributed by atoms with Gasteiger partial charge in [0.1, 0.15) is 0 Å². The third kappa shape index (κ3) is 4.18. The molecule has 0 spiro atoms. The van der Waals surface area contributed by atoms with Gasteiger partial charge in [-0.1, -0.05) is 6.92 Å². The molecular weight excluding hydrogens is 272 g/mol. The van der Waals surface area contributed by atoms with Crippen LogP contribution in [-0.4, -0.2) is 41.6 Å². The third-order valence-electron chi connectivity index (χ3n) is 3.75. The molecular formula is C14H24N4OS. The standard InChI is InChI=1S/C14H24N4OS/c1-4-12(9-18-7-5-6-8-18)16-13(19)17-14-15-10(2)11(3)20-14/h12H,4-9H2,1-3H3,(H2,15,16,17,19)/t12-/m0/s1. The van der Waals surface area contributed by atoms with E-state index in [9.17, 15) is 4.79 Å². The number of carbonyl (C=O) groups excluding carboxylic acids is 1. The molecule has 1 aromatic rings. The van der Waals surface area contributed by atoms with Gasteiger partial charge >= 0.3 is 6.03 Å². The first kappa shape index (κ1) is 15.3. The van der Waals surface area contributed by atoms with E-state index in [1.807, 2.05) is 13.8 Å². The molecule has 1 aliphatic heterocycles. The lowest BCUT2D eigenvalue weighted by atomic mass is 10.2. The molecule has 0 unspecified atom stereocenters. The first-order valence-electron chi connectivity index (χ1n) is 7.32. The number of thiazole rings is 1. The normalized spacial score (nSPS) is 17.1. The van der Waals surface area contributed by atoms with Crippen molar-refractivity contribution in [2.75, 3.05) is 25.0 Å². The van der Waals surface area contributed by atoms with Gasteiger partial charge < -0.3 is 10.2 Å². The summed E-state index contributed by atoms with van der Waals surface area (Å²) in [5, 5.41) is 6.55. The van der Waals surface area contributed by atoms with Crippen molar-refractivity contribution in [3.05, 3.63) is 10.6 Å². The fourth-order valence-electron chi connectivity index (χ4n) is 2.40. The smallest absolute Gasteiger partial charge is 0.321 e. The minimum absolute atomic E-state index is 0.148. The lowest BCUT2D eigenvalue weighted by Gasteiger charge is -2.23. The number of carbonyl (C=O) groups is 1. The van der Waals surface area contributed by atoms with Gasteiger partial charge in [-0.15, -0.1) is 11.3 Å². The molecule has 2 rings (SSSR count). The van der Waals surface area contributed by atoms with Crippen molar-refractivity contribution in [3.8, 4) is 0 Å². The molecule has 1 saturated heterocycles. The van der Waals surface area contributed by atoms with Gasteiger partial charge in [-0.05, 0) is 46.2 Å². The Kier molecular flexibility index (Phi) is 5.37. The van der Waals surface area contributed by atoms with Crippen molar-refractivity contribution in [1.29, 1.82) is 0 Å². The van der Waals surface area contributed by atoms with E-state index in [2.05, 4.69) is 27.4 Å². The summed E-state index contributed by atoms with van der Waals surface area (Å²) in [4.78, 5) is 19.9. The quantitative estimate of drug-likeness (QED) is 0.878. The van der Waals surface area contributed by atoms with Crippen LogP contribution in [0.5, 0.6) is 0 Å². The predicted octanol–water partition coefficient (Wildman–Crippen LogP) is 2.76. The molecule has 2 heterocycles. The van der Waals surface area contributed by atoms with Gasteiger partial charge in [0.15, 0.2) is 5.13 Å². The maximum absolute atomic E-state index is 12.0. The monoisotopic (exact) mass is 296 g/mol. The summed E-state index contributed by atoms with van der Waals surface area (Å²) >= 11 is 1.52. The highest BCUT2D eigenvalue weighted by Crippen LogP contribution is 2.20. The molecule has 0 aliphatic carbocycles. The van der Waals surface area contributed by atoms with Crippen LogP contribution in [0.25, 0.3) is 0 Å². The van der Waals surface area contributed by atoms with Gasteiger partial charge in [0, 0.05) is 17.5 Å². The van der Waals surface area contributed by atoms with Crippen molar-refractivity contribution in [1.82, 2.24) is 15.2 Å². The number of likely N-dealkylation sites (tertiary alicyclic amines) is 1. The highest BCUT2D eigenvalue weighted by molar-refractivity contribution is 7.15. The molecule has 6 heteroatoms. The Morgan fingerprint density at radius 1 is 1.40 bits per heavy atom. The molecule has 0 bridgehead atoms. The van der Waals surface area contributed by atoms with Crippen LogP contribution in [0.15, 0.2) is 0 Å². The first-order valence-corrected chi connectivity index (χ1v) is 8.14. The number of nitrogens with zero attached hydrogens (tertiary/aromatic N) is 2. The fourth-order valence-corrected chi connectivity index (χ4v) is 3.21. The largest absolute Gasteiger partial charge is 0.334 e. The molecule has 0 aromatic carbocycles. The SMILES string of the molecule is CC[C@@H](CN1CCCC1)NC(=O)Nc1nc(C)c(C)s1. The number of aromatic nitrogens is 1. The Hall–Kier alpha value is -1.14. The summed E-state index contributed by atoms with van der Waals surface area (Å²) in [6.07, 6.45) is 3.50. The number of rotatable bonds is 5. The van der Waals surface area contributed by atoms with Crippen molar-refractivity contribution in [2.24, 2.45) is 0 Å². The Morgan fingerprint density at radius 2 is 2.10 bits per heavy atom. The Balaban J connectivity index is 1.82. The number of urea groups is 1. The van der Waals surface area contributed by atoms with Crippen LogP contribution >= 0.6 is 11.3 Å². The maximum Gasteiger partial charge on any atom is 0.321 e. The molecule has 2 N–H and O–H groups in total. The van der Waals surface area contributed by atoms with Crippen molar-refractivity contribution >= 4 is 22.5 Å². The first-order chi connectivity index (χ1) is 9.58. The van der Waals surface area contributed by atoms with E-state index in [1.165, 1.54) is 24.2 Å². The zero-order valence-electron chi connectivity index (χ0n) is 12.5. The van der Waals surface area contributed by atoms with E-state index < -0.39 is 0 Å². The second kappa shape index (κ2) is 7.04. The predicted molar refractivity (Wildman–Crippen MR) is 83.5 cm³/mol. The van der Waals surface area contributed by atoms with Crippen LogP contribution in [0, 0.1) is 13.8 Å². The Labute approximate surface area is 124 Å². The van der Waals surface area contributed by atoms with Crippen LogP contribution < -0.4 is 10.6 Å². The zero-order valence-corrected chi connectivity index (χ0v) is 13.3. The highest BCUT2D eigenvalue weighted by atomic mass is 32.1. The van der Waals surface area contributed by atoms with Crippen LogP contribution in [0.4, 0.5) is 9.93 Å². The number of hydrogen-bond acceptors (Lipinski definition) is 4. The summed E-state index contributed by atoms with van der Waals surface area (Å²) in [6.45, 7) is 9.34. The Morgan fingerprint density at radius 3 is 2.65 bits per heavy atom. The molecule has 20 heavy (non-hydrogen) atoms. The van der Waals surface area contributed by atoms with Crippen LogP contribution in [0.3, 0.4) is 0 Å². The lowest BCUT2D eigenvalue weighted by Crippen LogP contribution is -2.44. The van der Waals surface area contributed by atoms with Gasteiger partial charge in [0.2, 0.25) is 0 Å². The molecule has 1 fully saturated rings. The van der Waals surface area contributed by atoms with Gasteiger partial charge in [-0.2, -0.15) is 0 Å². The van der Waals surface area contributed by atoms with E-state index in [-0.39, 0.29) is 12.1 Å². The molecule has 0 radical (unpaired) electrons. The number of aryl methyl sites for hydroxylation is 2. The maximum atomic E-state index is 12.0. The van der Waals surface area contributed by atoms with E-state index >= 15 is 0 Å². The van der Waals surface area contributed by atoms with Crippen molar-refractivity contribution < 1.29 is 4.79 Å². The number of nitrogens with one attached hydrogen (secondary N) is 2. The molecule has 1 aliphatic rings.